The van der Waals surface area contributed by atoms with Crippen molar-refractivity contribution in [1.29, 1.82) is 0 Å². The standard InChI is InChI=1S/C13H18BrNO/c1-7-6-10(14)8(2)11(12(7)16)13(4-5-13)9(3)15/h6,9,16H,4-5,15H2,1-3H3. The maximum Gasteiger partial charge on any atom is 0.122 e. The van der Waals surface area contributed by atoms with Gasteiger partial charge < -0.3 is 10.8 Å². The fourth-order valence-electron chi connectivity index (χ4n) is 2.54. The van der Waals surface area contributed by atoms with E-state index in [-0.39, 0.29) is 11.5 Å². The van der Waals surface area contributed by atoms with Crippen molar-refractivity contribution in [1.82, 2.24) is 0 Å². The second kappa shape index (κ2) is 3.74. The highest BCUT2D eigenvalue weighted by molar-refractivity contribution is 9.10. The fourth-order valence-corrected chi connectivity index (χ4v) is 3.08. The Labute approximate surface area is 105 Å². The molecule has 1 aliphatic carbocycles. The summed E-state index contributed by atoms with van der Waals surface area (Å²) in [5, 5.41) is 10.3. The molecule has 0 amide bonds. The smallest absolute Gasteiger partial charge is 0.122 e. The summed E-state index contributed by atoms with van der Waals surface area (Å²) in [6.07, 6.45) is 2.16. The molecule has 1 aliphatic rings. The molecule has 1 atom stereocenters. The minimum Gasteiger partial charge on any atom is -0.507 e. The Morgan fingerprint density at radius 1 is 1.44 bits per heavy atom. The van der Waals surface area contributed by atoms with Crippen LogP contribution >= 0.6 is 15.9 Å². The number of aromatic hydroxyl groups is 1. The first-order valence-electron chi connectivity index (χ1n) is 5.65. The summed E-state index contributed by atoms with van der Waals surface area (Å²) in [5.41, 5.74) is 9.17. The van der Waals surface area contributed by atoms with E-state index in [0.29, 0.717) is 5.75 Å². The maximum atomic E-state index is 10.3. The molecule has 1 fully saturated rings. The van der Waals surface area contributed by atoms with E-state index in [1.54, 1.807) is 0 Å². The Hall–Kier alpha value is -0.540. The minimum absolute atomic E-state index is 0.00269. The normalized spacial score (nSPS) is 19.6. The summed E-state index contributed by atoms with van der Waals surface area (Å²) >= 11 is 3.55. The van der Waals surface area contributed by atoms with E-state index in [1.165, 1.54) is 0 Å². The van der Waals surface area contributed by atoms with Crippen LogP contribution in [0, 0.1) is 13.8 Å². The van der Waals surface area contributed by atoms with E-state index in [9.17, 15) is 5.11 Å². The van der Waals surface area contributed by atoms with Crippen LogP contribution in [0.4, 0.5) is 0 Å². The Morgan fingerprint density at radius 3 is 2.44 bits per heavy atom. The van der Waals surface area contributed by atoms with Gasteiger partial charge in [-0.05, 0) is 50.8 Å². The second-order valence-corrected chi connectivity index (χ2v) is 5.82. The second-order valence-electron chi connectivity index (χ2n) is 4.97. The highest BCUT2D eigenvalue weighted by Gasteiger charge is 2.50. The van der Waals surface area contributed by atoms with Crippen molar-refractivity contribution < 1.29 is 5.11 Å². The predicted octanol–water partition coefficient (Wildman–Crippen LogP) is 3.15. The van der Waals surface area contributed by atoms with Gasteiger partial charge in [0.1, 0.15) is 5.75 Å². The zero-order valence-corrected chi connectivity index (χ0v) is 11.6. The molecule has 0 radical (unpaired) electrons. The summed E-state index contributed by atoms with van der Waals surface area (Å²) in [7, 11) is 0. The van der Waals surface area contributed by atoms with E-state index >= 15 is 0 Å². The van der Waals surface area contributed by atoms with E-state index < -0.39 is 0 Å². The molecular weight excluding hydrogens is 266 g/mol. The number of hydrogen-bond acceptors (Lipinski definition) is 2. The van der Waals surface area contributed by atoms with E-state index in [0.717, 1.165) is 34.0 Å². The first kappa shape index (κ1) is 11.9. The predicted molar refractivity (Wildman–Crippen MR) is 69.8 cm³/mol. The number of hydrogen-bond donors (Lipinski definition) is 2. The quantitative estimate of drug-likeness (QED) is 0.876. The summed E-state index contributed by atoms with van der Waals surface area (Å²) in [6, 6.07) is 2.05. The lowest BCUT2D eigenvalue weighted by molar-refractivity contribution is 0.441. The molecular formula is C13H18BrNO. The van der Waals surface area contributed by atoms with Gasteiger partial charge in [-0.3, -0.25) is 0 Å². The van der Waals surface area contributed by atoms with Crippen LogP contribution in [0.1, 0.15) is 36.5 Å². The number of halogens is 1. The first-order valence-corrected chi connectivity index (χ1v) is 6.44. The Morgan fingerprint density at radius 2 is 2.00 bits per heavy atom. The van der Waals surface area contributed by atoms with Gasteiger partial charge in [-0.2, -0.15) is 0 Å². The molecule has 1 unspecified atom stereocenters. The van der Waals surface area contributed by atoms with E-state index in [2.05, 4.69) is 15.9 Å². The molecule has 2 rings (SSSR count). The van der Waals surface area contributed by atoms with Crippen molar-refractivity contribution in [3.63, 3.8) is 0 Å². The van der Waals surface area contributed by atoms with Gasteiger partial charge in [0.15, 0.2) is 0 Å². The molecule has 2 nitrogen and oxygen atoms in total. The van der Waals surface area contributed by atoms with Crippen LogP contribution in [-0.4, -0.2) is 11.1 Å². The van der Waals surface area contributed by atoms with Gasteiger partial charge in [-0.15, -0.1) is 0 Å². The van der Waals surface area contributed by atoms with Crippen molar-refractivity contribution in [2.45, 2.75) is 45.1 Å². The van der Waals surface area contributed by atoms with Gasteiger partial charge in [-0.1, -0.05) is 15.9 Å². The number of benzene rings is 1. The zero-order chi connectivity index (χ0) is 12.1. The Bertz CT molecular complexity index is 410. The highest BCUT2D eigenvalue weighted by Crippen LogP contribution is 2.55. The molecule has 88 valence electrons. The Balaban J connectivity index is 2.65. The van der Waals surface area contributed by atoms with Gasteiger partial charge in [0.25, 0.3) is 0 Å². The third-order valence-electron chi connectivity index (χ3n) is 3.84. The average molecular weight is 284 g/mol. The summed E-state index contributed by atoms with van der Waals surface area (Å²) < 4.78 is 1.06. The molecule has 3 N–H and O–H groups in total. The van der Waals surface area contributed by atoms with Crippen LogP contribution in [0.2, 0.25) is 0 Å². The SMILES string of the molecule is Cc1cc(Br)c(C)c(C2(C(C)N)CC2)c1O. The zero-order valence-electron chi connectivity index (χ0n) is 9.97. The van der Waals surface area contributed by atoms with Crippen molar-refractivity contribution in [2.24, 2.45) is 5.73 Å². The number of phenols is 1. The number of aryl methyl sites for hydroxylation is 1. The van der Waals surface area contributed by atoms with Crippen LogP contribution in [0.3, 0.4) is 0 Å². The van der Waals surface area contributed by atoms with E-state index in [1.807, 2.05) is 26.8 Å². The van der Waals surface area contributed by atoms with Gasteiger partial charge in [-0.25, -0.2) is 0 Å². The molecule has 1 aromatic carbocycles. The highest BCUT2D eigenvalue weighted by atomic mass is 79.9. The number of phenolic OH excluding ortho intramolecular Hbond substituents is 1. The largest absolute Gasteiger partial charge is 0.507 e. The monoisotopic (exact) mass is 283 g/mol. The first-order chi connectivity index (χ1) is 7.40. The average Bonchev–Trinajstić information content (AvgIpc) is 2.97. The summed E-state index contributed by atoms with van der Waals surface area (Å²) in [5.74, 6) is 0.426. The number of nitrogens with two attached hydrogens (primary N) is 1. The molecule has 1 aromatic rings. The van der Waals surface area contributed by atoms with Crippen LogP contribution in [0.25, 0.3) is 0 Å². The molecule has 3 heteroatoms. The lowest BCUT2D eigenvalue weighted by Crippen LogP contribution is -2.32. The molecule has 0 saturated heterocycles. The van der Waals surface area contributed by atoms with Gasteiger partial charge >= 0.3 is 0 Å². The molecule has 1 saturated carbocycles. The lowest BCUT2D eigenvalue weighted by atomic mass is 9.84. The lowest BCUT2D eigenvalue weighted by Gasteiger charge is -2.25. The molecule has 0 spiro atoms. The van der Waals surface area contributed by atoms with Crippen molar-refractivity contribution in [2.75, 3.05) is 0 Å². The van der Waals surface area contributed by atoms with Crippen LogP contribution in [0.5, 0.6) is 5.75 Å². The maximum absolute atomic E-state index is 10.3. The Kier molecular flexibility index (Phi) is 2.79. The van der Waals surface area contributed by atoms with Crippen molar-refractivity contribution >= 4 is 15.9 Å². The summed E-state index contributed by atoms with van der Waals surface area (Å²) in [6.45, 7) is 6.00. The van der Waals surface area contributed by atoms with Crippen molar-refractivity contribution in [3.8, 4) is 5.75 Å². The van der Waals surface area contributed by atoms with Gasteiger partial charge in [0.2, 0.25) is 0 Å². The molecule has 0 aromatic heterocycles. The van der Waals surface area contributed by atoms with Gasteiger partial charge in [0, 0.05) is 21.5 Å². The number of rotatable bonds is 2. The minimum atomic E-state index is 0.00269. The van der Waals surface area contributed by atoms with Gasteiger partial charge in [0.05, 0.1) is 0 Å². The topological polar surface area (TPSA) is 46.2 Å². The molecule has 16 heavy (non-hydrogen) atoms. The molecule has 0 aliphatic heterocycles. The molecule has 0 bridgehead atoms. The molecule has 0 heterocycles. The summed E-state index contributed by atoms with van der Waals surface area (Å²) in [4.78, 5) is 0. The fraction of sp³-hybridized carbons (Fsp3) is 0.538. The third-order valence-corrected chi connectivity index (χ3v) is 4.67. The van der Waals surface area contributed by atoms with Crippen molar-refractivity contribution in [3.05, 3.63) is 27.2 Å². The van der Waals surface area contributed by atoms with Crippen LogP contribution in [0.15, 0.2) is 10.5 Å². The third kappa shape index (κ3) is 1.57. The van der Waals surface area contributed by atoms with Crippen LogP contribution < -0.4 is 5.73 Å². The van der Waals surface area contributed by atoms with Crippen LogP contribution in [-0.2, 0) is 5.41 Å². The van der Waals surface area contributed by atoms with E-state index in [4.69, 9.17) is 5.73 Å².